The summed E-state index contributed by atoms with van der Waals surface area (Å²) in [5.41, 5.74) is 4.62. The summed E-state index contributed by atoms with van der Waals surface area (Å²) in [6.45, 7) is 10.7. The first kappa shape index (κ1) is 30.0. The number of pyridine rings is 1. The van der Waals surface area contributed by atoms with E-state index in [0.29, 0.717) is 12.8 Å². The van der Waals surface area contributed by atoms with Gasteiger partial charge in [-0.3, -0.25) is 4.98 Å². The highest BCUT2D eigenvalue weighted by molar-refractivity contribution is 6.99. The first-order valence-electron chi connectivity index (χ1n) is 14.6. The zero-order valence-corrected chi connectivity index (χ0v) is 26.1. The van der Waals surface area contributed by atoms with Crippen LogP contribution < -0.4 is 10.4 Å². The minimum absolute atomic E-state index is 0.168. The number of hydrogen-bond donors (Lipinski definition) is 1. The summed E-state index contributed by atoms with van der Waals surface area (Å²) >= 11 is 0. The Bertz CT molecular complexity index is 1480. The maximum Gasteiger partial charge on any atom is 0.261 e. The van der Waals surface area contributed by atoms with Gasteiger partial charge in [0.05, 0.1) is 12.2 Å². The highest BCUT2D eigenvalue weighted by Crippen LogP contribution is 2.39. The summed E-state index contributed by atoms with van der Waals surface area (Å²) in [5.74, 6) is -0.269. The number of halogens is 1. The Balaban J connectivity index is 1.48. The Labute approximate surface area is 250 Å². The van der Waals surface area contributed by atoms with E-state index in [4.69, 9.17) is 9.16 Å². The first-order chi connectivity index (χ1) is 20.1. The maximum absolute atomic E-state index is 13.7. The SMILES string of the molecule is Cc1cc(-c2ccc(F)cc2)c(C=C[C@@H]2C[C@@H](O[Si](c3ccccc3)(c3ccccc3)C(C)(C)C)CC(O)O2)c(C)n1. The third kappa shape index (κ3) is 6.32. The summed E-state index contributed by atoms with van der Waals surface area (Å²) < 4.78 is 27.0. The van der Waals surface area contributed by atoms with Crippen LogP contribution in [0.2, 0.25) is 5.04 Å². The van der Waals surface area contributed by atoms with Crippen molar-refractivity contribution < 1.29 is 18.7 Å². The van der Waals surface area contributed by atoms with Gasteiger partial charge in [-0.2, -0.15) is 0 Å². The minimum Gasteiger partial charge on any atom is -0.404 e. The lowest BCUT2D eigenvalue weighted by molar-refractivity contribution is -0.172. The van der Waals surface area contributed by atoms with Gasteiger partial charge in [0.2, 0.25) is 0 Å². The van der Waals surface area contributed by atoms with Crippen LogP contribution in [0.1, 0.15) is 50.6 Å². The average Bonchev–Trinajstić information content (AvgIpc) is 2.95. The van der Waals surface area contributed by atoms with E-state index in [0.717, 1.165) is 28.1 Å². The molecule has 0 amide bonds. The fourth-order valence-corrected chi connectivity index (χ4v) is 10.9. The summed E-state index contributed by atoms with van der Waals surface area (Å²) in [6.07, 6.45) is 3.54. The Morgan fingerprint density at radius 3 is 2.07 bits per heavy atom. The Kier molecular flexibility index (Phi) is 8.90. The Morgan fingerprint density at radius 2 is 1.50 bits per heavy atom. The number of aryl methyl sites for hydroxylation is 2. The molecule has 218 valence electrons. The fraction of sp³-hybridized carbons (Fsp3) is 0.306. The van der Waals surface area contributed by atoms with E-state index in [9.17, 15) is 9.50 Å². The van der Waals surface area contributed by atoms with Crippen LogP contribution >= 0.6 is 0 Å². The number of aromatic nitrogens is 1. The van der Waals surface area contributed by atoms with Crippen molar-refractivity contribution in [2.75, 3.05) is 0 Å². The van der Waals surface area contributed by atoms with Gasteiger partial charge in [-0.25, -0.2) is 4.39 Å². The van der Waals surface area contributed by atoms with Crippen molar-refractivity contribution in [3.63, 3.8) is 0 Å². The van der Waals surface area contributed by atoms with E-state index < -0.39 is 14.6 Å². The third-order valence-electron chi connectivity index (χ3n) is 8.06. The van der Waals surface area contributed by atoms with Gasteiger partial charge < -0.3 is 14.3 Å². The monoisotopic (exact) mass is 581 g/mol. The normalized spacial score (nSPS) is 19.7. The Morgan fingerprint density at radius 1 is 0.905 bits per heavy atom. The van der Waals surface area contributed by atoms with Gasteiger partial charge >= 0.3 is 0 Å². The molecule has 0 radical (unpaired) electrons. The topological polar surface area (TPSA) is 51.6 Å². The molecule has 42 heavy (non-hydrogen) atoms. The zero-order chi connectivity index (χ0) is 29.9. The van der Waals surface area contributed by atoms with Crippen LogP contribution in [0.25, 0.3) is 17.2 Å². The second-order valence-corrected chi connectivity index (χ2v) is 16.4. The predicted molar refractivity (Wildman–Crippen MR) is 171 cm³/mol. The molecule has 1 aliphatic heterocycles. The van der Waals surface area contributed by atoms with Crippen LogP contribution in [0.4, 0.5) is 4.39 Å². The molecule has 1 aliphatic rings. The van der Waals surface area contributed by atoms with Crippen LogP contribution in [-0.4, -0.2) is 36.9 Å². The Hall–Kier alpha value is -3.42. The summed E-state index contributed by atoms with van der Waals surface area (Å²) in [6, 6.07) is 29.7. The van der Waals surface area contributed by atoms with Gasteiger partial charge in [0.25, 0.3) is 8.32 Å². The van der Waals surface area contributed by atoms with Crippen molar-refractivity contribution in [2.24, 2.45) is 0 Å². The number of hydrogen-bond acceptors (Lipinski definition) is 4. The molecule has 1 aromatic heterocycles. The van der Waals surface area contributed by atoms with Crippen LogP contribution in [0, 0.1) is 19.7 Å². The molecule has 1 fully saturated rings. The highest BCUT2D eigenvalue weighted by atomic mass is 28.4. The molecular weight excluding hydrogens is 541 g/mol. The first-order valence-corrected chi connectivity index (χ1v) is 16.5. The molecule has 3 atom stereocenters. The van der Waals surface area contributed by atoms with Crippen molar-refractivity contribution in [3.05, 3.63) is 120 Å². The lowest BCUT2D eigenvalue weighted by Crippen LogP contribution is -2.68. The second-order valence-electron chi connectivity index (χ2n) is 12.2. The number of benzene rings is 3. The van der Waals surface area contributed by atoms with Crippen LogP contribution in [0.5, 0.6) is 0 Å². The fourth-order valence-electron chi connectivity index (χ4n) is 6.18. The molecule has 0 saturated carbocycles. The smallest absolute Gasteiger partial charge is 0.261 e. The van der Waals surface area contributed by atoms with Gasteiger partial charge in [-0.1, -0.05) is 106 Å². The van der Waals surface area contributed by atoms with Crippen molar-refractivity contribution in [3.8, 4) is 11.1 Å². The quantitative estimate of drug-likeness (QED) is 0.240. The van der Waals surface area contributed by atoms with Crippen LogP contribution in [0.15, 0.2) is 97.1 Å². The zero-order valence-electron chi connectivity index (χ0n) is 25.1. The van der Waals surface area contributed by atoms with Crippen LogP contribution in [0.3, 0.4) is 0 Å². The lowest BCUT2D eigenvalue weighted by atomic mass is 9.96. The van der Waals surface area contributed by atoms with E-state index in [1.165, 1.54) is 22.5 Å². The van der Waals surface area contributed by atoms with Gasteiger partial charge in [0.1, 0.15) is 5.82 Å². The number of aliphatic hydroxyl groups excluding tert-OH is 1. The molecule has 0 spiro atoms. The molecule has 2 heterocycles. The lowest BCUT2D eigenvalue weighted by Gasteiger charge is -2.46. The van der Waals surface area contributed by atoms with E-state index in [2.05, 4.69) is 74.3 Å². The molecule has 0 aliphatic carbocycles. The molecule has 0 bridgehead atoms. The summed E-state index contributed by atoms with van der Waals surface area (Å²) in [4.78, 5) is 4.68. The molecule has 1 unspecified atom stereocenters. The average molecular weight is 582 g/mol. The predicted octanol–water partition coefficient (Wildman–Crippen LogP) is 6.96. The molecule has 4 nitrogen and oxygen atoms in total. The number of ether oxygens (including phenoxy) is 1. The van der Waals surface area contributed by atoms with E-state index >= 15 is 0 Å². The molecular formula is C36H40FNO3Si. The standard InChI is InChI=1S/C36H40FNO3Si/c1-25-22-34(27-16-18-28(37)19-17-27)33(26(2)38-25)21-20-29-23-30(24-35(39)40-29)41-42(36(3,4)5,31-12-8-6-9-13-31)32-14-10-7-11-15-32/h6-22,29-30,35,39H,23-24H2,1-5H3/t29-,30-,35?/m1/s1. The second kappa shape index (κ2) is 12.4. The summed E-state index contributed by atoms with van der Waals surface area (Å²) in [5, 5.41) is 13.1. The molecule has 6 heteroatoms. The summed E-state index contributed by atoms with van der Waals surface area (Å²) in [7, 11) is -2.79. The third-order valence-corrected chi connectivity index (χ3v) is 13.2. The van der Waals surface area contributed by atoms with Crippen molar-refractivity contribution in [1.82, 2.24) is 4.98 Å². The molecule has 5 rings (SSSR count). The molecule has 1 N–H and O–H groups in total. The molecule has 4 aromatic rings. The van der Waals surface area contributed by atoms with E-state index in [-0.39, 0.29) is 23.1 Å². The molecule has 1 saturated heterocycles. The minimum atomic E-state index is -2.79. The van der Waals surface area contributed by atoms with Crippen molar-refractivity contribution in [1.29, 1.82) is 0 Å². The van der Waals surface area contributed by atoms with Gasteiger partial charge in [0, 0.05) is 29.8 Å². The number of aliphatic hydroxyl groups is 1. The van der Waals surface area contributed by atoms with Gasteiger partial charge in [0.15, 0.2) is 6.29 Å². The van der Waals surface area contributed by atoms with Crippen molar-refractivity contribution in [2.45, 2.75) is 71.0 Å². The van der Waals surface area contributed by atoms with E-state index in [1.807, 2.05) is 44.2 Å². The maximum atomic E-state index is 13.7. The number of nitrogens with zero attached hydrogens (tertiary/aromatic N) is 1. The number of rotatable bonds is 7. The van der Waals surface area contributed by atoms with Gasteiger partial charge in [-0.05, 0) is 58.6 Å². The largest absolute Gasteiger partial charge is 0.404 e. The molecule has 3 aromatic carbocycles. The van der Waals surface area contributed by atoms with E-state index in [1.54, 1.807) is 12.1 Å². The van der Waals surface area contributed by atoms with Crippen molar-refractivity contribution >= 4 is 24.8 Å². The van der Waals surface area contributed by atoms with Gasteiger partial charge in [-0.15, -0.1) is 0 Å². The van der Waals surface area contributed by atoms with Crippen LogP contribution in [-0.2, 0) is 9.16 Å². The highest BCUT2D eigenvalue weighted by Gasteiger charge is 2.52.